The number of hydrogen-bond donors (Lipinski definition) is 0. The van der Waals surface area contributed by atoms with Crippen molar-refractivity contribution in [1.29, 1.82) is 0 Å². The number of hydrogen-bond acceptors (Lipinski definition) is 3. The predicted octanol–water partition coefficient (Wildman–Crippen LogP) is 2.00. The summed E-state index contributed by atoms with van der Waals surface area (Å²) in [4.78, 5) is 16.2. The van der Waals surface area contributed by atoms with Crippen molar-refractivity contribution < 1.29 is 9.53 Å². The zero-order valence-electron chi connectivity index (χ0n) is 12.6. The van der Waals surface area contributed by atoms with Crippen LogP contribution in [0.25, 0.3) is 0 Å². The first-order chi connectivity index (χ1) is 9.56. The number of likely N-dealkylation sites (N-methyl/N-ethyl adjacent to an activating group) is 1. The van der Waals surface area contributed by atoms with Crippen LogP contribution >= 0.6 is 0 Å². The van der Waals surface area contributed by atoms with Crippen molar-refractivity contribution in [3.05, 3.63) is 35.4 Å². The van der Waals surface area contributed by atoms with Crippen molar-refractivity contribution in [3.63, 3.8) is 0 Å². The Kier molecular flexibility index (Phi) is 5.15. The molecule has 20 heavy (non-hydrogen) atoms. The average Bonchev–Trinajstić information content (AvgIpc) is 2.91. The van der Waals surface area contributed by atoms with Crippen LogP contribution in [0.5, 0.6) is 0 Å². The van der Waals surface area contributed by atoms with Gasteiger partial charge in [0.2, 0.25) is 0 Å². The molecule has 110 valence electrons. The number of amides is 1. The van der Waals surface area contributed by atoms with E-state index in [0.717, 1.165) is 31.6 Å². The van der Waals surface area contributed by atoms with E-state index in [1.54, 1.807) is 4.90 Å². The average molecular weight is 276 g/mol. The molecule has 1 aromatic rings. The Morgan fingerprint density at radius 3 is 2.50 bits per heavy atom. The molecule has 0 aromatic heterocycles. The van der Waals surface area contributed by atoms with E-state index in [9.17, 15) is 4.79 Å². The molecule has 0 spiro atoms. The summed E-state index contributed by atoms with van der Waals surface area (Å²) in [5.41, 5.74) is 1.96. The van der Waals surface area contributed by atoms with Crippen molar-refractivity contribution in [1.82, 2.24) is 9.80 Å². The van der Waals surface area contributed by atoms with Crippen LogP contribution in [0.15, 0.2) is 24.3 Å². The van der Waals surface area contributed by atoms with Gasteiger partial charge in [-0.25, -0.2) is 0 Å². The van der Waals surface area contributed by atoms with E-state index in [1.807, 2.05) is 45.4 Å². The fourth-order valence-corrected chi connectivity index (χ4v) is 2.51. The van der Waals surface area contributed by atoms with E-state index in [-0.39, 0.29) is 12.0 Å². The van der Waals surface area contributed by atoms with Crippen LogP contribution in [-0.4, -0.2) is 56.1 Å². The minimum Gasteiger partial charge on any atom is -0.376 e. The second-order valence-electron chi connectivity index (χ2n) is 5.76. The third-order valence-electron chi connectivity index (χ3n) is 3.55. The highest BCUT2D eigenvalue weighted by Crippen LogP contribution is 2.14. The molecule has 4 heteroatoms. The Bertz CT molecular complexity index is 436. The summed E-state index contributed by atoms with van der Waals surface area (Å²) >= 11 is 0. The van der Waals surface area contributed by atoms with E-state index >= 15 is 0 Å². The van der Waals surface area contributed by atoms with Gasteiger partial charge < -0.3 is 14.5 Å². The zero-order chi connectivity index (χ0) is 14.5. The zero-order valence-corrected chi connectivity index (χ0v) is 12.6. The molecule has 2 rings (SSSR count). The quantitative estimate of drug-likeness (QED) is 0.824. The number of carbonyl (C=O) groups is 1. The highest BCUT2D eigenvalue weighted by Gasteiger charge is 2.20. The molecule has 0 saturated carbocycles. The fraction of sp³-hybridized carbons (Fsp3) is 0.562. The van der Waals surface area contributed by atoms with Gasteiger partial charge in [-0.15, -0.1) is 0 Å². The highest BCUT2D eigenvalue weighted by molar-refractivity contribution is 5.94. The summed E-state index contributed by atoms with van der Waals surface area (Å²) < 4.78 is 5.57. The molecule has 0 aliphatic carbocycles. The Balaban J connectivity index is 1.93. The Labute approximate surface area is 121 Å². The third kappa shape index (κ3) is 4.05. The lowest BCUT2D eigenvalue weighted by atomic mass is 10.1. The molecule has 0 unspecified atom stereocenters. The van der Waals surface area contributed by atoms with Gasteiger partial charge >= 0.3 is 0 Å². The van der Waals surface area contributed by atoms with Crippen molar-refractivity contribution in [2.75, 3.05) is 34.3 Å². The maximum absolute atomic E-state index is 12.3. The van der Waals surface area contributed by atoms with Gasteiger partial charge in [-0.2, -0.15) is 0 Å². The molecule has 0 radical (unpaired) electrons. The van der Waals surface area contributed by atoms with E-state index in [4.69, 9.17) is 4.74 Å². The third-order valence-corrected chi connectivity index (χ3v) is 3.55. The molecule has 4 nitrogen and oxygen atoms in total. The topological polar surface area (TPSA) is 32.8 Å². The number of carbonyl (C=O) groups excluding carboxylic acids is 1. The summed E-state index contributed by atoms with van der Waals surface area (Å²) in [7, 11) is 5.92. The van der Waals surface area contributed by atoms with Gasteiger partial charge in [-0.05, 0) is 44.6 Å². The summed E-state index contributed by atoms with van der Waals surface area (Å²) in [6.45, 7) is 2.39. The van der Waals surface area contributed by atoms with Crippen LogP contribution in [0, 0.1) is 0 Å². The molecule has 1 aromatic carbocycles. The van der Waals surface area contributed by atoms with Crippen LogP contribution < -0.4 is 0 Å². The van der Waals surface area contributed by atoms with Gasteiger partial charge in [0.15, 0.2) is 0 Å². The van der Waals surface area contributed by atoms with E-state index < -0.39 is 0 Å². The van der Waals surface area contributed by atoms with Gasteiger partial charge in [0.1, 0.15) is 0 Å². The standard InChI is InChI=1S/C16H24N2O2/c1-17(2)11-13-6-8-14(9-7-13)16(19)18(3)12-15-5-4-10-20-15/h6-9,15H,4-5,10-12H2,1-3H3/t15-/m1/s1. The molecule has 1 amide bonds. The highest BCUT2D eigenvalue weighted by atomic mass is 16.5. The SMILES string of the molecule is CN(C)Cc1ccc(C(=O)N(C)C[C@H]2CCCO2)cc1. The lowest BCUT2D eigenvalue weighted by Crippen LogP contribution is -2.34. The summed E-state index contributed by atoms with van der Waals surface area (Å²) in [5, 5.41) is 0. The normalized spacial score (nSPS) is 18.5. The lowest BCUT2D eigenvalue weighted by molar-refractivity contribution is 0.0587. The molecular weight excluding hydrogens is 252 g/mol. The maximum Gasteiger partial charge on any atom is 0.253 e. The molecule has 1 aliphatic rings. The lowest BCUT2D eigenvalue weighted by Gasteiger charge is -2.21. The summed E-state index contributed by atoms with van der Waals surface area (Å²) in [5.74, 6) is 0.0666. The molecule has 1 saturated heterocycles. The van der Waals surface area contributed by atoms with Gasteiger partial charge in [-0.1, -0.05) is 12.1 Å². The van der Waals surface area contributed by atoms with E-state index in [0.29, 0.717) is 6.54 Å². The predicted molar refractivity (Wildman–Crippen MR) is 79.8 cm³/mol. The summed E-state index contributed by atoms with van der Waals surface area (Å²) in [6, 6.07) is 7.86. The number of ether oxygens (including phenoxy) is 1. The maximum atomic E-state index is 12.3. The molecule has 1 heterocycles. The van der Waals surface area contributed by atoms with Crippen LogP contribution in [0.3, 0.4) is 0 Å². The summed E-state index contributed by atoms with van der Waals surface area (Å²) in [6.07, 6.45) is 2.36. The number of rotatable bonds is 5. The van der Waals surface area contributed by atoms with Crippen molar-refractivity contribution in [3.8, 4) is 0 Å². The Hall–Kier alpha value is -1.39. The largest absolute Gasteiger partial charge is 0.376 e. The first-order valence-electron chi connectivity index (χ1n) is 7.17. The molecule has 1 atom stereocenters. The van der Waals surface area contributed by atoms with Gasteiger partial charge in [0.05, 0.1) is 6.10 Å². The van der Waals surface area contributed by atoms with Crippen LogP contribution in [-0.2, 0) is 11.3 Å². The second-order valence-corrected chi connectivity index (χ2v) is 5.76. The number of nitrogens with zero attached hydrogens (tertiary/aromatic N) is 2. The van der Waals surface area contributed by atoms with E-state index in [1.165, 1.54) is 5.56 Å². The molecule has 1 aliphatic heterocycles. The van der Waals surface area contributed by atoms with Gasteiger partial charge in [0, 0.05) is 32.3 Å². The van der Waals surface area contributed by atoms with Gasteiger partial charge in [0.25, 0.3) is 5.91 Å². The number of benzene rings is 1. The van der Waals surface area contributed by atoms with Crippen LogP contribution in [0.4, 0.5) is 0 Å². The second kappa shape index (κ2) is 6.86. The monoisotopic (exact) mass is 276 g/mol. The van der Waals surface area contributed by atoms with Crippen molar-refractivity contribution in [2.45, 2.75) is 25.5 Å². The molecule has 0 bridgehead atoms. The fourth-order valence-electron chi connectivity index (χ4n) is 2.51. The first kappa shape index (κ1) is 15.0. The van der Waals surface area contributed by atoms with Crippen LogP contribution in [0.2, 0.25) is 0 Å². The Morgan fingerprint density at radius 1 is 1.25 bits per heavy atom. The van der Waals surface area contributed by atoms with Crippen LogP contribution in [0.1, 0.15) is 28.8 Å². The minimum atomic E-state index is 0.0666. The molecular formula is C16H24N2O2. The Morgan fingerprint density at radius 2 is 1.95 bits per heavy atom. The first-order valence-corrected chi connectivity index (χ1v) is 7.17. The smallest absolute Gasteiger partial charge is 0.253 e. The molecule has 0 N–H and O–H groups in total. The van der Waals surface area contributed by atoms with Gasteiger partial charge in [-0.3, -0.25) is 4.79 Å². The minimum absolute atomic E-state index is 0.0666. The van der Waals surface area contributed by atoms with Crippen molar-refractivity contribution >= 4 is 5.91 Å². The van der Waals surface area contributed by atoms with Crippen molar-refractivity contribution in [2.24, 2.45) is 0 Å². The molecule has 1 fully saturated rings. The van der Waals surface area contributed by atoms with E-state index in [2.05, 4.69) is 4.90 Å².